The number of hydrogen-bond acceptors (Lipinski definition) is 3. The summed E-state index contributed by atoms with van der Waals surface area (Å²) >= 11 is 0. The smallest absolute Gasteiger partial charge is 0.256 e. The lowest BCUT2D eigenvalue weighted by Crippen LogP contribution is -2.35. The maximum atomic E-state index is 13.6. The number of aromatic hydroxyl groups is 1. The molecule has 0 heterocycles. The lowest BCUT2D eigenvalue weighted by molar-refractivity contribution is 0.0784. The van der Waals surface area contributed by atoms with Gasteiger partial charge in [0, 0.05) is 25.7 Å². The molecule has 106 valence electrons. The number of hydrogen-bond donors (Lipinski definition) is 2. The molecule has 1 unspecified atom stereocenters. The van der Waals surface area contributed by atoms with E-state index in [1.165, 1.54) is 17.0 Å². The van der Waals surface area contributed by atoms with Crippen LogP contribution in [0.2, 0.25) is 0 Å². The lowest BCUT2D eigenvalue weighted by atomic mass is 10.0. The highest BCUT2D eigenvalue weighted by Crippen LogP contribution is 2.16. The van der Waals surface area contributed by atoms with Crippen molar-refractivity contribution < 1.29 is 14.3 Å². The minimum atomic E-state index is -0.718. The second-order valence-electron chi connectivity index (χ2n) is 5.09. The van der Waals surface area contributed by atoms with Gasteiger partial charge in [-0.1, -0.05) is 13.8 Å². The number of nitrogens with two attached hydrogens (primary N) is 1. The highest BCUT2D eigenvalue weighted by Gasteiger charge is 2.17. The van der Waals surface area contributed by atoms with Gasteiger partial charge in [-0.2, -0.15) is 0 Å². The van der Waals surface area contributed by atoms with E-state index in [9.17, 15) is 9.18 Å². The quantitative estimate of drug-likeness (QED) is 0.858. The molecule has 5 heteroatoms. The van der Waals surface area contributed by atoms with E-state index in [0.29, 0.717) is 18.9 Å². The predicted octanol–water partition coefficient (Wildman–Crippen LogP) is 1.98. The summed E-state index contributed by atoms with van der Waals surface area (Å²) in [5, 5.41) is 9.11. The molecular formula is C14H21FN2O2. The lowest BCUT2D eigenvalue weighted by Gasteiger charge is -2.21. The van der Waals surface area contributed by atoms with Gasteiger partial charge in [-0.3, -0.25) is 4.79 Å². The Kier molecular flexibility index (Phi) is 5.30. The van der Waals surface area contributed by atoms with Crippen LogP contribution in [0, 0.1) is 11.7 Å². The Morgan fingerprint density at radius 2 is 2.11 bits per heavy atom. The van der Waals surface area contributed by atoms with Gasteiger partial charge in [-0.15, -0.1) is 0 Å². The molecule has 1 atom stereocenters. The van der Waals surface area contributed by atoms with Crippen LogP contribution in [-0.2, 0) is 0 Å². The summed E-state index contributed by atoms with van der Waals surface area (Å²) in [6, 6.07) is 3.52. The van der Waals surface area contributed by atoms with Gasteiger partial charge in [0.05, 0.1) is 5.56 Å². The maximum Gasteiger partial charge on any atom is 0.256 e. The van der Waals surface area contributed by atoms with Crippen LogP contribution in [0.1, 0.15) is 30.6 Å². The van der Waals surface area contributed by atoms with Crippen molar-refractivity contribution in [1.82, 2.24) is 4.90 Å². The number of phenolic OH excluding ortho intramolecular Hbond substituents is 1. The molecule has 0 aliphatic heterocycles. The van der Waals surface area contributed by atoms with Gasteiger partial charge in [-0.05, 0) is 24.5 Å². The molecule has 1 rings (SSSR count). The second-order valence-corrected chi connectivity index (χ2v) is 5.09. The third-order valence-electron chi connectivity index (χ3n) is 3.18. The van der Waals surface area contributed by atoms with Crippen LogP contribution in [0.3, 0.4) is 0 Å². The summed E-state index contributed by atoms with van der Waals surface area (Å²) in [6.45, 7) is 4.51. The molecule has 1 aromatic carbocycles. The van der Waals surface area contributed by atoms with Crippen molar-refractivity contribution in [2.75, 3.05) is 13.6 Å². The molecule has 19 heavy (non-hydrogen) atoms. The molecule has 3 N–H and O–H groups in total. The molecule has 0 saturated heterocycles. The molecule has 4 nitrogen and oxygen atoms in total. The van der Waals surface area contributed by atoms with Crippen molar-refractivity contribution >= 4 is 5.91 Å². The summed E-state index contributed by atoms with van der Waals surface area (Å²) in [5.41, 5.74) is 5.87. The van der Waals surface area contributed by atoms with Crippen LogP contribution in [-0.4, -0.2) is 35.5 Å². The van der Waals surface area contributed by atoms with E-state index in [0.717, 1.165) is 6.07 Å². The van der Waals surface area contributed by atoms with Crippen molar-refractivity contribution in [3.8, 4) is 5.75 Å². The molecule has 0 aliphatic rings. The van der Waals surface area contributed by atoms with E-state index < -0.39 is 11.7 Å². The van der Waals surface area contributed by atoms with Crippen LogP contribution >= 0.6 is 0 Å². The topological polar surface area (TPSA) is 66.6 Å². The molecule has 0 radical (unpaired) electrons. The van der Waals surface area contributed by atoms with E-state index in [-0.39, 0.29) is 17.4 Å². The standard InChI is InChI=1S/C14H21FN2O2/c1-9(2)13(16)6-7-17(3)14(19)11-5-4-10(18)8-12(11)15/h4-5,8-9,13,18H,6-7,16H2,1-3H3. The second kappa shape index (κ2) is 6.52. The molecular weight excluding hydrogens is 247 g/mol. The van der Waals surface area contributed by atoms with Crippen LogP contribution in [0.5, 0.6) is 5.75 Å². The Morgan fingerprint density at radius 3 is 2.63 bits per heavy atom. The first-order valence-corrected chi connectivity index (χ1v) is 6.32. The van der Waals surface area contributed by atoms with Crippen molar-refractivity contribution in [3.05, 3.63) is 29.6 Å². The Balaban J connectivity index is 2.66. The van der Waals surface area contributed by atoms with Gasteiger partial charge in [0.2, 0.25) is 0 Å². The zero-order chi connectivity index (χ0) is 14.6. The Morgan fingerprint density at radius 1 is 1.47 bits per heavy atom. The van der Waals surface area contributed by atoms with E-state index in [1.807, 2.05) is 13.8 Å². The number of carbonyl (C=O) groups is 1. The number of rotatable bonds is 5. The maximum absolute atomic E-state index is 13.6. The first kappa shape index (κ1) is 15.4. The van der Waals surface area contributed by atoms with Crippen LogP contribution in [0.25, 0.3) is 0 Å². The van der Waals surface area contributed by atoms with Gasteiger partial charge in [-0.25, -0.2) is 4.39 Å². The fraction of sp³-hybridized carbons (Fsp3) is 0.500. The van der Waals surface area contributed by atoms with Crippen molar-refractivity contribution in [2.24, 2.45) is 11.7 Å². The van der Waals surface area contributed by atoms with E-state index in [4.69, 9.17) is 10.8 Å². The predicted molar refractivity (Wildman–Crippen MR) is 72.5 cm³/mol. The number of phenols is 1. The van der Waals surface area contributed by atoms with E-state index in [1.54, 1.807) is 7.05 Å². The van der Waals surface area contributed by atoms with Gasteiger partial charge in [0.15, 0.2) is 0 Å². The fourth-order valence-electron chi connectivity index (χ4n) is 1.66. The molecule has 0 spiro atoms. The molecule has 0 fully saturated rings. The minimum Gasteiger partial charge on any atom is -0.508 e. The third-order valence-corrected chi connectivity index (χ3v) is 3.18. The molecule has 1 aromatic rings. The van der Waals surface area contributed by atoms with Gasteiger partial charge in [0.1, 0.15) is 11.6 Å². The van der Waals surface area contributed by atoms with E-state index >= 15 is 0 Å². The average Bonchev–Trinajstić information content (AvgIpc) is 2.34. The molecule has 1 amide bonds. The van der Waals surface area contributed by atoms with Crippen molar-refractivity contribution in [2.45, 2.75) is 26.3 Å². The monoisotopic (exact) mass is 268 g/mol. The van der Waals surface area contributed by atoms with Crippen molar-refractivity contribution in [3.63, 3.8) is 0 Å². The number of halogens is 1. The number of nitrogens with zero attached hydrogens (tertiary/aromatic N) is 1. The van der Waals surface area contributed by atoms with Crippen LogP contribution in [0.4, 0.5) is 4.39 Å². The SMILES string of the molecule is CC(C)C(N)CCN(C)C(=O)c1ccc(O)cc1F. The molecule has 0 aliphatic carbocycles. The largest absolute Gasteiger partial charge is 0.508 e. The zero-order valence-electron chi connectivity index (χ0n) is 11.6. The summed E-state index contributed by atoms with van der Waals surface area (Å²) in [4.78, 5) is 13.5. The minimum absolute atomic E-state index is 0.0138. The molecule has 0 saturated carbocycles. The highest BCUT2D eigenvalue weighted by atomic mass is 19.1. The Bertz CT molecular complexity index is 449. The normalized spacial score (nSPS) is 12.5. The Hall–Kier alpha value is -1.62. The molecule has 0 bridgehead atoms. The fourth-order valence-corrected chi connectivity index (χ4v) is 1.66. The summed E-state index contributed by atoms with van der Waals surface area (Å²) < 4.78 is 13.6. The van der Waals surface area contributed by atoms with Crippen LogP contribution < -0.4 is 5.73 Å². The summed E-state index contributed by atoms with van der Waals surface area (Å²) in [5.74, 6) is -0.981. The first-order chi connectivity index (χ1) is 8.82. The van der Waals surface area contributed by atoms with Crippen LogP contribution in [0.15, 0.2) is 18.2 Å². The van der Waals surface area contributed by atoms with Gasteiger partial charge < -0.3 is 15.7 Å². The zero-order valence-corrected chi connectivity index (χ0v) is 11.6. The van der Waals surface area contributed by atoms with E-state index in [2.05, 4.69) is 0 Å². The number of amides is 1. The number of benzene rings is 1. The first-order valence-electron chi connectivity index (χ1n) is 6.32. The third kappa shape index (κ3) is 4.21. The average molecular weight is 268 g/mol. The Labute approximate surface area is 113 Å². The number of carbonyl (C=O) groups excluding carboxylic acids is 1. The summed E-state index contributed by atoms with van der Waals surface area (Å²) in [6.07, 6.45) is 0.666. The highest BCUT2D eigenvalue weighted by molar-refractivity contribution is 5.94. The molecule has 0 aromatic heterocycles. The van der Waals surface area contributed by atoms with Gasteiger partial charge >= 0.3 is 0 Å². The van der Waals surface area contributed by atoms with Gasteiger partial charge in [0.25, 0.3) is 5.91 Å². The summed E-state index contributed by atoms with van der Waals surface area (Å²) in [7, 11) is 1.61. The van der Waals surface area contributed by atoms with Crippen molar-refractivity contribution in [1.29, 1.82) is 0 Å².